The number of hydrogen-bond acceptors (Lipinski definition) is 5. The number of hydrogen-bond donors (Lipinski definition) is 0. The lowest BCUT2D eigenvalue weighted by Crippen LogP contribution is -2.35. The smallest absolute Gasteiger partial charge is 0.410 e. The first kappa shape index (κ1) is 17.1. The predicted octanol–water partition coefficient (Wildman–Crippen LogP) is 2.49. The van der Waals surface area contributed by atoms with Crippen LogP contribution in [0.15, 0.2) is 17.3 Å². The molecule has 1 aliphatic rings. The van der Waals surface area contributed by atoms with Crippen LogP contribution < -0.4 is 0 Å². The minimum atomic E-state index is -1.25. The van der Waals surface area contributed by atoms with Crippen LogP contribution >= 0.6 is 11.6 Å². The van der Waals surface area contributed by atoms with Crippen molar-refractivity contribution in [1.82, 2.24) is 14.9 Å². The van der Waals surface area contributed by atoms with Gasteiger partial charge >= 0.3 is 6.09 Å². The maximum absolute atomic E-state index is 12.3. The molecular formula is C14H20ClN3O3S. The molecule has 0 spiro atoms. The van der Waals surface area contributed by atoms with Gasteiger partial charge in [0.2, 0.25) is 5.28 Å². The van der Waals surface area contributed by atoms with Gasteiger partial charge in [0.15, 0.2) is 0 Å². The van der Waals surface area contributed by atoms with Gasteiger partial charge in [0.25, 0.3) is 0 Å². The van der Waals surface area contributed by atoms with E-state index in [1.807, 2.05) is 20.8 Å². The number of carbonyl (C=O) groups is 1. The molecule has 2 rings (SSSR count). The quantitative estimate of drug-likeness (QED) is 0.621. The maximum atomic E-state index is 12.3. The third-order valence-electron chi connectivity index (χ3n) is 3.16. The zero-order chi connectivity index (χ0) is 16.3. The number of aromatic nitrogens is 2. The van der Waals surface area contributed by atoms with Crippen molar-refractivity contribution in [2.75, 3.05) is 18.8 Å². The van der Waals surface area contributed by atoms with Crippen LogP contribution in [0.4, 0.5) is 4.79 Å². The fourth-order valence-corrected chi connectivity index (χ4v) is 3.68. The van der Waals surface area contributed by atoms with E-state index in [0.29, 0.717) is 23.9 Å². The second kappa shape index (κ2) is 6.91. The van der Waals surface area contributed by atoms with Gasteiger partial charge in [-0.25, -0.2) is 14.8 Å². The minimum Gasteiger partial charge on any atom is -0.444 e. The van der Waals surface area contributed by atoms with Crippen molar-refractivity contribution in [3.05, 3.63) is 17.5 Å². The lowest BCUT2D eigenvalue weighted by Gasteiger charge is -2.24. The van der Waals surface area contributed by atoms with Gasteiger partial charge in [-0.05, 0) is 50.8 Å². The van der Waals surface area contributed by atoms with Crippen molar-refractivity contribution in [1.29, 1.82) is 0 Å². The standard InChI is InChI=1S/C14H20ClN3O3S/c1-14(2,3)21-13(19)18-7-5-10(8-18)9-22(20)11-4-6-16-12(15)17-11/h4,6,10H,5,7-9H2,1-3H3/t10-,22-/m0/s1. The van der Waals surface area contributed by atoms with Crippen molar-refractivity contribution in [2.24, 2.45) is 5.92 Å². The molecule has 122 valence electrons. The summed E-state index contributed by atoms with van der Waals surface area (Å²) in [7, 11) is -1.25. The fraction of sp³-hybridized carbons (Fsp3) is 0.643. The van der Waals surface area contributed by atoms with Gasteiger partial charge in [0.1, 0.15) is 10.6 Å². The topological polar surface area (TPSA) is 72.4 Å². The Labute approximate surface area is 137 Å². The van der Waals surface area contributed by atoms with E-state index in [0.717, 1.165) is 6.42 Å². The normalized spacial score (nSPS) is 20.0. The SMILES string of the molecule is CC(C)(C)OC(=O)N1CC[C@H](C[S@](=O)c2ccnc(Cl)n2)C1. The van der Waals surface area contributed by atoms with E-state index in [1.165, 1.54) is 6.20 Å². The van der Waals surface area contributed by atoms with Crippen LogP contribution in [0.1, 0.15) is 27.2 Å². The largest absolute Gasteiger partial charge is 0.444 e. The molecule has 0 aromatic carbocycles. The van der Waals surface area contributed by atoms with E-state index in [4.69, 9.17) is 16.3 Å². The van der Waals surface area contributed by atoms with Crippen LogP contribution in [-0.4, -0.2) is 49.6 Å². The molecule has 1 fully saturated rings. The van der Waals surface area contributed by atoms with Gasteiger partial charge < -0.3 is 9.64 Å². The van der Waals surface area contributed by atoms with Crippen molar-refractivity contribution in [3.63, 3.8) is 0 Å². The third-order valence-corrected chi connectivity index (χ3v) is 4.81. The van der Waals surface area contributed by atoms with E-state index in [2.05, 4.69) is 9.97 Å². The van der Waals surface area contributed by atoms with Crippen molar-refractivity contribution >= 4 is 28.5 Å². The lowest BCUT2D eigenvalue weighted by atomic mass is 10.2. The molecule has 0 saturated carbocycles. The molecule has 1 aromatic heterocycles. The summed E-state index contributed by atoms with van der Waals surface area (Å²) in [5, 5.41) is 0.517. The van der Waals surface area contributed by atoms with E-state index in [9.17, 15) is 9.00 Å². The average Bonchev–Trinajstić information content (AvgIpc) is 2.85. The Bertz CT molecular complexity index is 577. The van der Waals surface area contributed by atoms with E-state index in [1.54, 1.807) is 11.0 Å². The molecule has 6 nitrogen and oxygen atoms in total. The number of carbonyl (C=O) groups excluding carboxylic acids is 1. The highest BCUT2D eigenvalue weighted by Crippen LogP contribution is 2.21. The predicted molar refractivity (Wildman–Crippen MR) is 84.2 cm³/mol. The molecule has 1 amide bonds. The molecule has 1 aromatic rings. The van der Waals surface area contributed by atoms with Gasteiger partial charge in [-0.1, -0.05) is 0 Å². The average molecular weight is 346 g/mol. The summed E-state index contributed by atoms with van der Waals surface area (Å²) in [4.78, 5) is 21.4. The molecule has 2 atom stereocenters. The van der Waals surface area contributed by atoms with Gasteiger partial charge in [0, 0.05) is 25.0 Å². The van der Waals surface area contributed by atoms with Gasteiger partial charge in [-0.2, -0.15) is 0 Å². The summed E-state index contributed by atoms with van der Waals surface area (Å²) in [6.45, 7) is 6.70. The Morgan fingerprint density at radius 1 is 1.55 bits per heavy atom. The Hall–Kier alpha value is -1.21. The molecule has 2 heterocycles. The highest BCUT2D eigenvalue weighted by molar-refractivity contribution is 7.84. The van der Waals surface area contributed by atoms with E-state index < -0.39 is 16.4 Å². The molecule has 0 aliphatic carbocycles. The van der Waals surface area contributed by atoms with Crippen molar-refractivity contribution in [3.8, 4) is 0 Å². The fourth-order valence-electron chi connectivity index (χ4n) is 2.21. The Kier molecular flexibility index (Phi) is 5.39. The highest BCUT2D eigenvalue weighted by atomic mass is 35.5. The lowest BCUT2D eigenvalue weighted by molar-refractivity contribution is 0.0289. The Balaban J connectivity index is 1.88. The molecule has 22 heavy (non-hydrogen) atoms. The van der Waals surface area contributed by atoms with E-state index in [-0.39, 0.29) is 17.3 Å². The summed E-state index contributed by atoms with van der Waals surface area (Å²) in [6, 6.07) is 1.60. The van der Waals surface area contributed by atoms with Crippen LogP contribution in [0.5, 0.6) is 0 Å². The van der Waals surface area contributed by atoms with Crippen molar-refractivity contribution in [2.45, 2.75) is 37.8 Å². The number of amides is 1. The van der Waals surface area contributed by atoms with Crippen LogP contribution in [-0.2, 0) is 15.5 Å². The van der Waals surface area contributed by atoms with Crippen LogP contribution in [0.2, 0.25) is 5.28 Å². The first-order valence-corrected chi connectivity index (χ1v) is 8.79. The maximum Gasteiger partial charge on any atom is 0.410 e. The molecule has 0 N–H and O–H groups in total. The number of rotatable bonds is 3. The number of ether oxygens (including phenoxy) is 1. The second-order valence-corrected chi connectivity index (χ2v) is 8.04. The van der Waals surface area contributed by atoms with Gasteiger partial charge in [-0.15, -0.1) is 0 Å². The molecule has 0 radical (unpaired) electrons. The van der Waals surface area contributed by atoms with E-state index >= 15 is 0 Å². The summed E-state index contributed by atoms with van der Waals surface area (Å²) in [5.74, 6) is 0.620. The minimum absolute atomic E-state index is 0.0904. The summed E-state index contributed by atoms with van der Waals surface area (Å²) in [6.07, 6.45) is 1.99. The second-order valence-electron chi connectivity index (χ2n) is 6.26. The Morgan fingerprint density at radius 3 is 2.91 bits per heavy atom. The molecule has 1 saturated heterocycles. The number of nitrogens with zero attached hydrogens (tertiary/aromatic N) is 3. The van der Waals surface area contributed by atoms with Crippen LogP contribution in [0.3, 0.4) is 0 Å². The number of likely N-dealkylation sites (tertiary alicyclic amines) is 1. The van der Waals surface area contributed by atoms with Gasteiger partial charge in [0.05, 0.1) is 10.8 Å². The highest BCUT2D eigenvalue weighted by Gasteiger charge is 2.30. The molecule has 8 heteroatoms. The summed E-state index contributed by atoms with van der Waals surface area (Å²) < 4.78 is 17.6. The monoisotopic (exact) mass is 345 g/mol. The van der Waals surface area contributed by atoms with Crippen LogP contribution in [0, 0.1) is 5.92 Å². The third kappa shape index (κ3) is 4.91. The zero-order valence-electron chi connectivity index (χ0n) is 12.9. The summed E-state index contributed by atoms with van der Waals surface area (Å²) in [5.41, 5.74) is -0.504. The zero-order valence-corrected chi connectivity index (χ0v) is 14.5. The Morgan fingerprint density at radius 2 is 2.27 bits per heavy atom. The van der Waals surface area contributed by atoms with Crippen molar-refractivity contribution < 1.29 is 13.7 Å². The summed E-state index contributed by atoms with van der Waals surface area (Å²) >= 11 is 5.71. The molecule has 0 bridgehead atoms. The molecule has 1 aliphatic heterocycles. The molecular weight excluding hydrogens is 326 g/mol. The molecule has 0 unspecified atom stereocenters. The number of halogens is 1. The van der Waals surface area contributed by atoms with Crippen LogP contribution in [0.25, 0.3) is 0 Å². The van der Waals surface area contributed by atoms with Gasteiger partial charge in [-0.3, -0.25) is 4.21 Å². The first-order chi connectivity index (χ1) is 10.2. The first-order valence-electron chi connectivity index (χ1n) is 7.09.